The first kappa shape index (κ1) is 23.9. The van der Waals surface area contributed by atoms with Crippen molar-refractivity contribution in [3.8, 4) is 11.5 Å². The van der Waals surface area contributed by atoms with Gasteiger partial charge in [0.1, 0.15) is 11.5 Å². The van der Waals surface area contributed by atoms with Crippen LogP contribution in [-0.2, 0) is 22.3 Å². The number of aryl methyl sites for hydroxylation is 2. The first-order chi connectivity index (χ1) is 14.7. The van der Waals surface area contributed by atoms with Gasteiger partial charge in [0.15, 0.2) is 0 Å². The highest BCUT2D eigenvalue weighted by Crippen LogP contribution is 2.23. The normalized spacial score (nSPS) is 10.7. The van der Waals surface area contributed by atoms with Crippen LogP contribution in [-0.4, -0.2) is 32.6 Å². The van der Waals surface area contributed by atoms with Crippen LogP contribution in [0.15, 0.2) is 48.5 Å². The van der Waals surface area contributed by atoms with Gasteiger partial charge in [0.05, 0.1) is 0 Å². The second-order valence-electron chi connectivity index (χ2n) is 7.10. The van der Waals surface area contributed by atoms with Crippen molar-refractivity contribution in [2.24, 2.45) is 0 Å². The van der Waals surface area contributed by atoms with Crippen LogP contribution in [0.2, 0.25) is 0 Å². The fraction of sp³-hybridized carbons (Fsp3) is 0.480. The molecule has 2 rings (SSSR count). The average Bonchev–Trinajstić information content (AvgIpc) is 2.75. The molecule has 2 aromatic carbocycles. The predicted molar refractivity (Wildman–Crippen MR) is 118 cm³/mol. The van der Waals surface area contributed by atoms with Crippen molar-refractivity contribution < 1.29 is 23.7 Å². The first-order valence-corrected chi connectivity index (χ1v) is 11.0. The summed E-state index contributed by atoms with van der Waals surface area (Å²) in [7, 11) is 0. The Labute approximate surface area is 180 Å². The molecule has 0 aromatic heterocycles. The molecular formula is C25H34O5. The number of para-hydroxylation sites is 2. The zero-order chi connectivity index (χ0) is 21.4. The molecule has 0 radical (unpaired) electrons. The highest BCUT2D eigenvalue weighted by molar-refractivity contribution is 5.68. The van der Waals surface area contributed by atoms with Crippen molar-refractivity contribution in [1.82, 2.24) is 0 Å². The molecule has 30 heavy (non-hydrogen) atoms. The summed E-state index contributed by atoms with van der Waals surface area (Å²) in [5.74, 6) is 1.06. The van der Waals surface area contributed by atoms with Gasteiger partial charge < -0.3 is 18.9 Å². The van der Waals surface area contributed by atoms with Crippen molar-refractivity contribution in [3.05, 3.63) is 59.7 Å². The zero-order valence-electron chi connectivity index (χ0n) is 18.2. The third kappa shape index (κ3) is 8.97. The van der Waals surface area contributed by atoms with E-state index in [0.717, 1.165) is 62.9 Å². The molecule has 2 aromatic rings. The van der Waals surface area contributed by atoms with Gasteiger partial charge in [0, 0.05) is 26.4 Å². The topological polar surface area (TPSA) is 54.0 Å². The second kappa shape index (κ2) is 14.6. The molecule has 0 N–H and O–H groups in total. The van der Waals surface area contributed by atoms with Crippen LogP contribution in [0.25, 0.3) is 0 Å². The monoisotopic (exact) mass is 414 g/mol. The average molecular weight is 415 g/mol. The number of hydrogen-bond acceptors (Lipinski definition) is 5. The molecule has 5 heteroatoms. The number of carbonyl (C=O) groups is 1. The molecule has 0 spiro atoms. The summed E-state index contributed by atoms with van der Waals surface area (Å²) in [5.41, 5.74) is 1.94. The van der Waals surface area contributed by atoms with Crippen LogP contribution < -0.4 is 9.47 Å². The van der Waals surface area contributed by atoms with Crippen molar-refractivity contribution in [2.45, 2.75) is 52.4 Å². The Bertz CT molecular complexity index is 682. The van der Waals surface area contributed by atoms with Gasteiger partial charge in [-0.1, -0.05) is 50.2 Å². The number of benzene rings is 2. The van der Waals surface area contributed by atoms with Gasteiger partial charge in [-0.25, -0.2) is 4.79 Å². The lowest BCUT2D eigenvalue weighted by Gasteiger charge is -2.12. The van der Waals surface area contributed by atoms with E-state index in [-0.39, 0.29) is 0 Å². The lowest BCUT2D eigenvalue weighted by molar-refractivity contribution is 0.132. The molecule has 0 bridgehead atoms. The van der Waals surface area contributed by atoms with Crippen molar-refractivity contribution in [1.29, 1.82) is 0 Å². The summed E-state index contributed by atoms with van der Waals surface area (Å²) < 4.78 is 22.1. The van der Waals surface area contributed by atoms with Crippen LogP contribution in [0.1, 0.15) is 50.7 Å². The van der Waals surface area contributed by atoms with Gasteiger partial charge in [-0.05, 0) is 61.8 Å². The number of hydrogen-bond donors (Lipinski definition) is 0. The standard InChI is InChI=1S/C25H34O5/c1-3-17-27-19-9-13-21-11-5-7-15-23(21)29-25(26)30-24-16-8-6-12-22(24)14-10-20-28-18-4-2/h5-8,11-12,15-16H,3-4,9-10,13-14,17-20H2,1-2H3. The summed E-state index contributed by atoms with van der Waals surface area (Å²) in [4.78, 5) is 12.4. The quantitative estimate of drug-likeness (QED) is 0.216. The molecule has 0 heterocycles. The lowest BCUT2D eigenvalue weighted by atomic mass is 10.1. The molecule has 164 valence electrons. The van der Waals surface area contributed by atoms with Crippen LogP contribution in [0.5, 0.6) is 11.5 Å². The molecule has 0 unspecified atom stereocenters. The van der Waals surface area contributed by atoms with E-state index in [9.17, 15) is 4.79 Å². The summed E-state index contributed by atoms with van der Waals surface area (Å²) >= 11 is 0. The summed E-state index contributed by atoms with van der Waals surface area (Å²) in [6.07, 6.45) is 4.61. The minimum Gasteiger partial charge on any atom is -0.394 e. The minimum atomic E-state index is -0.723. The van der Waals surface area contributed by atoms with E-state index in [0.29, 0.717) is 24.7 Å². The van der Waals surface area contributed by atoms with Gasteiger partial charge in [-0.3, -0.25) is 0 Å². The van der Waals surface area contributed by atoms with Crippen LogP contribution in [0.3, 0.4) is 0 Å². The Hall–Kier alpha value is -2.37. The maximum absolute atomic E-state index is 12.4. The Balaban J connectivity index is 1.88. The predicted octanol–water partition coefficient (Wildman–Crippen LogP) is 5.98. The second-order valence-corrected chi connectivity index (χ2v) is 7.10. The molecular weight excluding hydrogens is 380 g/mol. The molecule has 0 aliphatic heterocycles. The smallest absolute Gasteiger partial charge is 0.394 e. The van der Waals surface area contributed by atoms with Crippen LogP contribution in [0, 0.1) is 0 Å². The molecule has 0 aliphatic carbocycles. The molecule has 0 amide bonds. The van der Waals surface area contributed by atoms with E-state index in [1.165, 1.54) is 0 Å². The van der Waals surface area contributed by atoms with E-state index in [1.807, 2.05) is 36.4 Å². The van der Waals surface area contributed by atoms with E-state index in [1.54, 1.807) is 12.1 Å². The van der Waals surface area contributed by atoms with Crippen LogP contribution in [0.4, 0.5) is 4.79 Å². The fourth-order valence-corrected chi connectivity index (χ4v) is 3.04. The van der Waals surface area contributed by atoms with Gasteiger partial charge >= 0.3 is 6.16 Å². The SMILES string of the molecule is CCCOCCCc1ccccc1OC(=O)Oc1ccccc1CCCOCCC. The molecule has 0 atom stereocenters. The molecule has 0 aliphatic rings. The Morgan fingerprint density at radius 1 is 0.667 bits per heavy atom. The maximum atomic E-state index is 12.4. The largest absolute Gasteiger partial charge is 0.519 e. The number of rotatable bonds is 14. The Morgan fingerprint density at radius 3 is 1.53 bits per heavy atom. The molecule has 0 saturated heterocycles. The van der Waals surface area contributed by atoms with E-state index in [2.05, 4.69) is 13.8 Å². The number of carbonyl (C=O) groups excluding carboxylic acids is 1. The van der Waals surface area contributed by atoms with Gasteiger partial charge in [0.2, 0.25) is 0 Å². The van der Waals surface area contributed by atoms with Crippen molar-refractivity contribution in [2.75, 3.05) is 26.4 Å². The maximum Gasteiger partial charge on any atom is 0.519 e. The highest BCUT2D eigenvalue weighted by Gasteiger charge is 2.13. The van der Waals surface area contributed by atoms with E-state index < -0.39 is 6.16 Å². The van der Waals surface area contributed by atoms with Gasteiger partial charge in [0.25, 0.3) is 0 Å². The van der Waals surface area contributed by atoms with Crippen molar-refractivity contribution in [3.63, 3.8) is 0 Å². The minimum absolute atomic E-state index is 0.531. The molecule has 5 nitrogen and oxygen atoms in total. The van der Waals surface area contributed by atoms with E-state index in [4.69, 9.17) is 18.9 Å². The summed E-state index contributed by atoms with van der Waals surface area (Å²) in [5, 5.41) is 0. The summed E-state index contributed by atoms with van der Waals surface area (Å²) in [6, 6.07) is 15.1. The van der Waals surface area contributed by atoms with Crippen molar-refractivity contribution >= 4 is 6.16 Å². The first-order valence-electron chi connectivity index (χ1n) is 11.0. The Morgan fingerprint density at radius 2 is 1.10 bits per heavy atom. The zero-order valence-corrected chi connectivity index (χ0v) is 18.2. The molecule has 0 fully saturated rings. The van der Waals surface area contributed by atoms with E-state index >= 15 is 0 Å². The molecule has 0 saturated carbocycles. The fourth-order valence-electron chi connectivity index (χ4n) is 3.04. The Kier molecular flexibility index (Phi) is 11.6. The van der Waals surface area contributed by atoms with Gasteiger partial charge in [-0.15, -0.1) is 0 Å². The highest BCUT2D eigenvalue weighted by atomic mass is 16.7. The van der Waals surface area contributed by atoms with Gasteiger partial charge in [-0.2, -0.15) is 0 Å². The number of ether oxygens (including phenoxy) is 4. The lowest BCUT2D eigenvalue weighted by Crippen LogP contribution is -2.16. The third-order valence-corrected chi connectivity index (χ3v) is 4.50. The third-order valence-electron chi connectivity index (χ3n) is 4.50. The van der Waals surface area contributed by atoms with Crippen LogP contribution >= 0.6 is 0 Å². The summed E-state index contributed by atoms with van der Waals surface area (Å²) in [6.45, 7) is 7.12.